The third kappa shape index (κ3) is 1.48. The quantitative estimate of drug-likeness (QED) is 0.597. The van der Waals surface area contributed by atoms with Gasteiger partial charge in [-0.15, -0.1) is 4.57 Å². The van der Waals surface area contributed by atoms with E-state index in [0.717, 1.165) is 22.9 Å². The topological polar surface area (TPSA) is 30.2 Å². The van der Waals surface area contributed by atoms with Crippen LogP contribution < -0.4 is 9.30 Å². The zero-order chi connectivity index (χ0) is 11.8. The summed E-state index contributed by atoms with van der Waals surface area (Å²) in [4.78, 5) is 12.9. The summed E-state index contributed by atoms with van der Waals surface area (Å²) >= 11 is 3.33. The molecule has 1 aromatic carbocycles. The van der Waals surface area contributed by atoms with Crippen molar-refractivity contribution in [1.82, 2.24) is 0 Å². The number of ether oxygens (including phenoxy) is 1. The molecule has 0 atom stereocenters. The molecule has 3 rings (SSSR count). The number of nitrogens with zero attached hydrogens (tertiary/aromatic N) is 1. The van der Waals surface area contributed by atoms with Gasteiger partial charge in [0.25, 0.3) is 0 Å². The molecule has 0 amide bonds. The van der Waals surface area contributed by atoms with Gasteiger partial charge in [0.2, 0.25) is 11.2 Å². The van der Waals surface area contributed by atoms with Crippen LogP contribution in [-0.4, -0.2) is 12.9 Å². The smallest absolute Gasteiger partial charge is 0.385 e. The van der Waals surface area contributed by atoms with Gasteiger partial charge in [0.1, 0.15) is 5.56 Å². The van der Waals surface area contributed by atoms with Gasteiger partial charge in [-0.25, -0.2) is 0 Å². The first-order valence-corrected chi connectivity index (χ1v) is 6.12. The maximum Gasteiger partial charge on any atom is 0.385 e. The second-order valence-corrected chi connectivity index (χ2v) is 4.26. The van der Waals surface area contributed by atoms with Crippen LogP contribution in [0.25, 0.3) is 16.6 Å². The molecular formula is C13H9BrNO2+. The lowest BCUT2D eigenvalue weighted by Gasteiger charge is -1.99. The van der Waals surface area contributed by atoms with Crippen LogP contribution in [0.2, 0.25) is 0 Å². The average molecular weight is 291 g/mol. The van der Waals surface area contributed by atoms with Crippen molar-refractivity contribution in [1.29, 1.82) is 0 Å². The fraction of sp³-hybridized carbons (Fsp3) is 0.0769. The molecule has 1 aliphatic heterocycles. The van der Waals surface area contributed by atoms with E-state index in [2.05, 4.69) is 15.9 Å². The molecule has 0 radical (unpaired) electrons. The predicted molar refractivity (Wildman–Crippen MR) is 68.2 cm³/mol. The molecule has 2 aromatic rings. The summed E-state index contributed by atoms with van der Waals surface area (Å²) in [7, 11) is 0. The zero-order valence-electron chi connectivity index (χ0n) is 8.89. The van der Waals surface area contributed by atoms with Crippen molar-refractivity contribution in [3.63, 3.8) is 0 Å². The minimum absolute atomic E-state index is 0.472. The molecule has 0 unspecified atom stereocenters. The number of carbonyl (C=O) groups is 1. The SMILES string of the molecule is O=Cc1cc2ccccc2[n+]2c1OCC2=CBr. The van der Waals surface area contributed by atoms with E-state index in [1.165, 1.54) is 0 Å². The van der Waals surface area contributed by atoms with Crippen LogP contribution >= 0.6 is 15.9 Å². The van der Waals surface area contributed by atoms with E-state index >= 15 is 0 Å². The third-order valence-corrected chi connectivity index (χ3v) is 3.36. The normalized spacial score (nSPS) is 15.9. The fourth-order valence-electron chi connectivity index (χ4n) is 2.09. The molecule has 0 aliphatic carbocycles. The van der Waals surface area contributed by atoms with Crippen LogP contribution in [0, 0.1) is 0 Å². The maximum atomic E-state index is 11.1. The van der Waals surface area contributed by atoms with Crippen LogP contribution in [0.1, 0.15) is 10.4 Å². The first-order valence-electron chi connectivity index (χ1n) is 5.20. The fourth-order valence-corrected chi connectivity index (χ4v) is 2.42. The maximum absolute atomic E-state index is 11.1. The van der Waals surface area contributed by atoms with Crippen molar-refractivity contribution in [3.8, 4) is 5.88 Å². The number of hydrogen-bond donors (Lipinski definition) is 0. The van der Waals surface area contributed by atoms with Crippen molar-refractivity contribution in [3.05, 3.63) is 40.9 Å². The molecule has 0 saturated heterocycles. The van der Waals surface area contributed by atoms with Gasteiger partial charge >= 0.3 is 5.88 Å². The molecule has 2 heterocycles. The first kappa shape index (κ1) is 10.5. The average Bonchev–Trinajstić information content (AvgIpc) is 2.82. The minimum Gasteiger partial charge on any atom is -0.432 e. The second kappa shape index (κ2) is 3.96. The van der Waals surface area contributed by atoms with E-state index in [4.69, 9.17) is 4.74 Å². The second-order valence-electron chi connectivity index (χ2n) is 3.81. The summed E-state index contributed by atoms with van der Waals surface area (Å²) in [5, 5.41) is 1.02. The molecule has 0 saturated carbocycles. The predicted octanol–water partition coefficient (Wildman–Crippen LogP) is 2.53. The number of aromatic nitrogens is 1. The monoisotopic (exact) mass is 290 g/mol. The molecule has 0 N–H and O–H groups in total. The molecule has 4 heteroatoms. The number of aldehydes is 1. The Kier molecular flexibility index (Phi) is 2.44. The lowest BCUT2D eigenvalue weighted by molar-refractivity contribution is -0.544. The first-order chi connectivity index (χ1) is 8.35. The van der Waals surface area contributed by atoms with Gasteiger partial charge in [0, 0.05) is 11.5 Å². The van der Waals surface area contributed by atoms with Crippen molar-refractivity contribution in [2.45, 2.75) is 0 Å². The zero-order valence-corrected chi connectivity index (χ0v) is 10.5. The molecule has 0 spiro atoms. The lowest BCUT2D eigenvalue weighted by atomic mass is 10.1. The van der Waals surface area contributed by atoms with Gasteiger partial charge in [0.05, 0.1) is 4.99 Å². The number of carbonyl (C=O) groups excluding carboxylic acids is 1. The Morgan fingerprint density at radius 3 is 2.94 bits per heavy atom. The van der Waals surface area contributed by atoms with E-state index in [9.17, 15) is 4.79 Å². The van der Waals surface area contributed by atoms with Gasteiger partial charge < -0.3 is 4.74 Å². The summed E-state index contributed by atoms with van der Waals surface area (Å²) in [6, 6.07) is 9.78. The van der Waals surface area contributed by atoms with E-state index in [1.807, 2.05) is 39.9 Å². The number of hydrogen-bond acceptors (Lipinski definition) is 2. The molecule has 84 valence electrons. The lowest BCUT2D eigenvalue weighted by Crippen LogP contribution is -2.30. The van der Waals surface area contributed by atoms with E-state index in [0.29, 0.717) is 18.1 Å². The number of rotatable bonds is 1. The molecular weight excluding hydrogens is 282 g/mol. The van der Waals surface area contributed by atoms with Gasteiger partial charge in [-0.05, 0) is 12.1 Å². The molecule has 17 heavy (non-hydrogen) atoms. The van der Waals surface area contributed by atoms with E-state index in [1.54, 1.807) is 0 Å². The number of pyridine rings is 1. The Hall–Kier alpha value is -1.68. The number of para-hydroxylation sites is 1. The number of fused-ring (bicyclic) bond motifs is 3. The van der Waals surface area contributed by atoms with Crippen molar-refractivity contribution < 1.29 is 14.1 Å². The molecule has 0 fully saturated rings. The third-order valence-electron chi connectivity index (χ3n) is 2.84. The largest absolute Gasteiger partial charge is 0.432 e. The molecule has 1 aliphatic rings. The van der Waals surface area contributed by atoms with Crippen LogP contribution in [0.15, 0.2) is 35.3 Å². The summed E-state index contributed by atoms with van der Waals surface area (Å²) in [6.07, 6.45) is 0.829. The van der Waals surface area contributed by atoms with Gasteiger partial charge in [-0.3, -0.25) is 4.79 Å². The van der Waals surface area contributed by atoms with E-state index < -0.39 is 0 Å². The molecule has 3 nitrogen and oxygen atoms in total. The highest BCUT2D eigenvalue weighted by atomic mass is 79.9. The summed E-state index contributed by atoms with van der Waals surface area (Å²) in [5.41, 5.74) is 2.60. The number of halogens is 1. The van der Waals surface area contributed by atoms with Crippen LogP contribution in [0.5, 0.6) is 5.88 Å². The standard InChI is InChI=1S/C13H9BrNO2/c14-6-11-8-17-13-10(7-16)5-9-3-1-2-4-12(9)15(11)13/h1-7H,8H2/q+1. The Morgan fingerprint density at radius 1 is 1.35 bits per heavy atom. The van der Waals surface area contributed by atoms with Crippen LogP contribution in [0.4, 0.5) is 0 Å². The van der Waals surface area contributed by atoms with Crippen LogP contribution in [0.3, 0.4) is 0 Å². The van der Waals surface area contributed by atoms with E-state index in [-0.39, 0.29) is 0 Å². The Bertz CT molecular complexity index is 649. The van der Waals surface area contributed by atoms with Gasteiger partial charge in [-0.2, -0.15) is 0 Å². The Morgan fingerprint density at radius 2 is 2.18 bits per heavy atom. The Labute approximate surface area is 106 Å². The molecule has 1 aromatic heterocycles. The van der Waals surface area contributed by atoms with Crippen molar-refractivity contribution >= 4 is 38.8 Å². The number of benzene rings is 1. The van der Waals surface area contributed by atoms with Crippen molar-refractivity contribution in [2.24, 2.45) is 0 Å². The highest BCUT2D eigenvalue weighted by Crippen LogP contribution is 2.26. The highest BCUT2D eigenvalue weighted by Gasteiger charge is 2.32. The van der Waals surface area contributed by atoms with Gasteiger partial charge in [-0.1, -0.05) is 28.1 Å². The van der Waals surface area contributed by atoms with Gasteiger partial charge in [0.15, 0.2) is 12.9 Å². The summed E-state index contributed by atoms with van der Waals surface area (Å²) < 4.78 is 7.53. The van der Waals surface area contributed by atoms with Crippen molar-refractivity contribution in [2.75, 3.05) is 6.61 Å². The summed E-state index contributed by atoms with van der Waals surface area (Å²) in [6.45, 7) is 0.472. The summed E-state index contributed by atoms with van der Waals surface area (Å²) in [5.74, 6) is 0.615. The van der Waals surface area contributed by atoms with Crippen LogP contribution in [-0.2, 0) is 0 Å². The molecule has 0 bridgehead atoms. The highest BCUT2D eigenvalue weighted by molar-refractivity contribution is 9.11. The minimum atomic E-state index is 0.472. The Balaban J connectivity index is 2.47.